The van der Waals surface area contributed by atoms with Gasteiger partial charge in [0.2, 0.25) is 0 Å². The van der Waals surface area contributed by atoms with E-state index in [1.54, 1.807) is 11.3 Å². The fraction of sp³-hybridized carbons (Fsp3) is 0.765. The highest BCUT2D eigenvalue weighted by atomic mass is 127. The first-order valence-electron chi connectivity index (χ1n) is 8.59. The zero-order valence-corrected chi connectivity index (χ0v) is 18.0. The van der Waals surface area contributed by atoms with Gasteiger partial charge in [0.25, 0.3) is 0 Å². The monoisotopic (exact) mass is 464 g/mol. The molecule has 1 aromatic heterocycles. The Morgan fingerprint density at radius 2 is 2.33 bits per heavy atom. The van der Waals surface area contributed by atoms with Gasteiger partial charge in [-0.1, -0.05) is 13.8 Å². The topological polar surface area (TPSA) is 49.8 Å². The Balaban J connectivity index is 0.00000208. The Kier molecular flexibility index (Phi) is 7.30. The second-order valence-corrected chi connectivity index (χ2v) is 7.92. The van der Waals surface area contributed by atoms with Crippen LogP contribution in [0, 0.1) is 5.41 Å². The van der Waals surface area contributed by atoms with Crippen LogP contribution in [0.4, 0.5) is 0 Å². The lowest BCUT2D eigenvalue weighted by Gasteiger charge is -2.24. The van der Waals surface area contributed by atoms with Crippen LogP contribution in [0.2, 0.25) is 0 Å². The third kappa shape index (κ3) is 4.60. The standard InChI is InChI=1S/C17H28N4OS.HI/c1-13(2)15-20-14(10-23-15)4-7-19-16(18-3)21-8-5-17(11-21)6-9-22-12-17;/h10,13H,4-9,11-12H2,1-3H3,(H,18,19);1H. The van der Waals surface area contributed by atoms with Crippen molar-refractivity contribution >= 4 is 41.3 Å². The molecule has 136 valence electrons. The van der Waals surface area contributed by atoms with Gasteiger partial charge in [-0.05, 0) is 12.8 Å². The summed E-state index contributed by atoms with van der Waals surface area (Å²) in [5.74, 6) is 1.54. The Morgan fingerprint density at radius 1 is 1.50 bits per heavy atom. The minimum atomic E-state index is 0. The van der Waals surface area contributed by atoms with Crippen LogP contribution in [-0.4, -0.2) is 55.7 Å². The van der Waals surface area contributed by atoms with Gasteiger partial charge in [0.15, 0.2) is 5.96 Å². The van der Waals surface area contributed by atoms with E-state index in [1.165, 1.54) is 23.5 Å². The van der Waals surface area contributed by atoms with E-state index >= 15 is 0 Å². The molecule has 2 aliphatic rings. The van der Waals surface area contributed by atoms with Crippen LogP contribution >= 0.6 is 35.3 Å². The van der Waals surface area contributed by atoms with Crippen molar-refractivity contribution in [3.05, 3.63) is 16.1 Å². The highest BCUT2D eigenvalue weighted by Gasteiger charge is 2.42. The fourth-order valence-electron chi connectivity index (χ4n) is 3.42. The molecule has 5 nitrogen and oxygen atoms in total. The zero-order chi connectivity index (χ0) is 16.3. The number of nitrogens with zero attached hydrogens (tertiary/aromatic N) is 3. The summed E-state index contributed by atoms with van der Waals surface area (Å²) in [4.78, 5) is 11.5. The van der Waals surface area contributed by atoms with Crippen LogP contribution < -0.4 is 5.32 Å². The molecule has 1 spiro atoms. The summed E-state index contributed by atoms with van der Waals surface area (Å²) < 4.78 is 5.61. The van der Waals surface area contributed by atoms with Gasteiger partial charge in [0, 0.05) is 56.4 Å². The molecule has 3 rings (SSSR count). The molecule has 2 saturated heterocycles. The second-order valence-electron chi connectivity index (χ2n) is 7.03. The summed E-state index contributed by atoms with van der Waals surface area (Å²) in [6.07, 6.45) is 3.36. The average molecular weight is 464 g/mol. The van der Waals surface area contributed by atoms with Gasteiger partial charge in [-0.3, -0.25) is 4.99 Å². The molecule has 0 bridgehead atoms. The average Bonchev–Trinajstić information content (AvgIpc) is 3.26. The Bertz CT molecular complexity index is 555. The maximum absolute atomic E-state index is 5.61. The molecular weight excluding hydrogens is 435 g/mol. The molecule has 7 heteroatoms. The highest BCUT2D eigenvalue weighted by Crippen LogP contribution is 2.38. The van der Waals surface area contributed by atoms with E-state index in [2.05, 4.69) is 34.4 Å². The van der Waals surface area contributed by atoms with Crippen molar-refractivity contribution in [2.45, 2.75) is 39.0 Å². The molecule has 0 amide bonds. The normalized spacial score (nSPS) is 24.0. The van der Waals surface area contributed by atoms with Gasteiger partial charge < -0.3 is 15.0 Å². The molecule has 24 heavy (non-hydrogen) atoms. The van der Waals surface area contributed by atoms with Crippen molar-refractivity contribution in [3.63, 3.8) is 0 Å². The van der Waals surface area contributed by atoms with E-state index in [-0.39, 0.29) is 24.0 Å². The first kappa shape index (κ1) is 19.9. The van der Waals surface area contributed by atoms with Crippen molar-refractivity contribution in [2.24, 2.45) is 10.4 Å². The highest BCUT2D eigenvalue weighted by molar-refractivity contribution is 14.0. The second kappa shape index (κ2) is 8.80. The van der Waals surface area contributed by atoms with Crippen molar-refractivity contribution in [1.82, 2.24) is 15.2 Å². The molecular formula is C17H29IN4OS. The maximum atomic E-state index is 5.61. The molecule has 0 aliphatic carbocycles. The van der Waals surface area contributed by atoms with E-state index in [1.807, 2.05) is 7.05 Å². The van der Waals surface area contributed by atoms with E-state index < -0.39 is 0 Å². The molecule has 3 heterocycles. The predicted molar refractivity (Wildman–Crippen MR) is 111 cm³/mol. The molecule has 0 saturated carbocycles. The van der Waals surface area contributed by atoms with E-state index in [9.17, 15) is 0 Å². The molecule has 2 fully saturated rings. The van der Waals surface area contributed by atoms with Gasteiger partial charge in [0.05, 0.1) is 17.3 Å². The number of halogens is 1. The number of aliphatic imine (C=N–C) groups is 1. The summed E-state index contributed by atoms with van der Waals surface area (Å²) in [6, 6.07) is 0. The lowest BCUT2D eigenvalue weighted by atomic mass is 9.87. The Labute approximate surface area is 166 Å². The quantitative estimate of drug-likeness (QED) is 0.423. The Hall–Kier alpha value is -0.410. The first-order valence-corrected chi connectivity index (χ1v) is 9.47. The van der Waals surface area contributed by atoms with Crippen LogP contribution in [0.3, 0.4) is 0 Å². The number of guanidine groups is 1. The largest absolute Gasteiger partial charge is 0.381 e. The molecule has 0 radical (unpaired) electrons. The number of thiazole rings is 1. The van der Waals surface area contributed by atoms with Crippen LogP contribution in [0.5, 0.6) is 0 Å². The van der Waals surface area contributed by atoms with E-state index in [4.69, 9.17) is 9.72 Å². The molecule has 1 N–H and O–H groups in total. The zero-order valence-electron chi connectivity index (χ0n) is 14.9. The minimum Gasteiger partial charge on any atom is -0.381 e. The fourth-order valence-corrected chi connectivity index (χ4v) is 4.29. The predicted octanol–water partition coefficient (Wildman–Crippen LogP) is 3.11. The van der Waals surface area contributed by atoms with Crippen molar-refractivity contribution in [1.29, 1.82) is 0 Å². The van der Waals surface area contributed by atoms with Gasteiger partial charge in [-0.2, -0.15) is 0 Å². The number of nitrogens with one attached hydrogen (secondary N) is 1. The summed E-state index contributed by atoms with van der Waals surface area (Å²) >= 11 is 1.77. The molecule has 1 aromatic rings. The van der Waals surface area contributed by atoms with Gasteiger partial charge >= 0.3 is 0 Å². The maximum Gasteiger partial charge on any atom is 0.193 e. The number of hydrogen-bond donors (Lipinski definition) is 1. The van der Waals surface area contributed by atoms with Gasteiger partial charge in [-0.25, -0.2) is 4.98 Å². The number of rotatable bonds is 4. The lowest BCUT2D eigenvalue weighted by Crippen LogP contribution is -2.42. The van der Waals surface area contributed by atoms with Crippen LogP contribution in [0.15, 0.2) is 10.4 Å². The number of likely N-dealkylation sites (tertiary alicyclic amines) is 1. The molecule has 1 unspecified atom stereocenters. The summed E-state index contributed by atoms with van der Waals surface area (Å²) in [5, 5.41) is 6.91. The number of ether oxygens (including phenoxy) is 1. The van der Waals surface area contributed by atoms with Crippen molar-refractivity contribution < 1.29 is 4.74 Å². The van der Waals surface area contributed by atoms with Crippen LogP contribution in [-0.2, 0) is 11.2 Å². The smallest absolute Gasteiger partial charge is 0.193 e. The summed E-state index contributed by atoms with van der Waals surface area (Å²) in [6.45, 7) is 9.25. The van der Waals surface area contributed by atoms with Gasteiger partial charge in [-0.15, -0.1) is 35.3 Å². The van der Waals surface area contributed by atoms with Crippen LogP contribution in [0.25, 0.3) is 0 Å². The molecule has 1 atom stereocenters. The summed E-state index contributed by atoms with van der Waals surface area (Å²) in [7, 11) is 1.87. The third-order valence-electron chi connectivity index (χ3n) is 4.86. The Morgan fingerprint density at radius 3 is 2.96 bits per heavy atom. The SMILES string of the molecule is CN=C(NCCc1csc(C(C)C)n1)N1CCC2(CCOC2)C1.I. The molecule has 0 aromatic carbocycles. The third-order valence-corrected chi connectivity index (χ3v) is 6.06. The lowest BCUT2D eigenvalue weighted by molar-refractivity contribution is 0.156. The minimum absolute atomic E-state index is 0. The van der Waals surface area contributed by atoms with Gasteiger partial charge in [0.1, 0.15) is 0 Å². The number of aromatic nitrogens is 1. The number of hydrogen-bond acceptors (Lipinski definition) is 4. The van der Waals surface area contributed by atoms with Crippen molar-refractivity contribution in [3.8, 4) is 0 Å². The van der Waals surface area contributed by atoms with E-state index in [0.717, 1.165) is 45.2 Å². The molecule has 2 aliphatic heterocycles. The van der Waals surface area contributed by atoms with E-state index in [0.29, 0.717) is 11.3 Å². The summed E-state index contributed by atoms with van der Waals surface area (Å²) in [5.41, 5.74) is 1.56. The van der Waals surface area contributed by atoms with Crippen molar-refractivity contribution in [2.75, 3.05) is 39.9 Å². The first-order chi connectivity index (χ1) is 11.1. The van der Waals surface area contributed by atoms with Crippen LogP contribution in [0.1, 0.15) is 43.3 Å².